The maximum atomic E-state index is 4.41. The molecule has 0 saturated carbocycles. The van der Waals surface area contributed by atoms with Gasteiger partial charge in [-0.3, -0.25) is 4.98 Å². The van der Waals surface area contributed by atoms with E-state index in [0.717, 1.165) is 0 Å². The molecule has 0 aliphatic rings. The highest BCUT2D eigenvalue weighted by Gasteiger charge is 2.22. The van der Waals surface area contributed by atoms with Crippen molar-refractivity contribution >= 4 is 0 Å². The first-order valence-corrected chi connectivity index (χ1v) is 4.84. The second-order valence-electron chi connectivity index (χ2n) is 4.85. The summed E-state index contributed by atoms with van der Waals surface area (Å²) in [5, 5.41) is 0. The topological polar surface area (TPSA) is 12.9 Å². The van der Waals surface area contributed by atoms with Gasteiger partial charge in [0.25, 0.3) is 0 Å². The van der Waals surface area contributed by atoms with Gasteiger partial charge in [0.05, 0.1) is 0 Å². The molecule has 0 aliphatic heterocycles. The monoisotopic (exact) mass is 177 g/mol. The minimum Gasteiger partial charge on any atom is -0.261 e. The molecule has 1 unspecified atom stereocenters. The van der Waals surface area contributed by atoms with Crippen LogP contribution in [0.5, 0.6) is 0 Å². The van der Waals surface area contributed by atoms with Crippen molar-refractivity contribution in [2.24, 2.45) is 5.41 Å². The number of aromatic nitrogens is 1. The van der Waals surface area contributed by atoms with E-state index in [4.69, 9.17) is 0 Å². The molecule has 1 heterocycles. The fourth-order valence-electron chi connectivity index (χ4n) is 1.24. The third-order valence-electron chi connectivity index (χ3n) is 2.68. The quantitative estimate of drug-likeness (QED) is 0.639. The lowest BCUT2D eigenvalue weighted by Crippen LogP contribution is -2.16. The number of nitrogens with zero attached hydrogens (tertiary/aromatic N) is 1. The average molecular weight is 177 g/mol. The first-order valence-electron chi connectivity index (χ1n) is 4.84. The number of pyridine rings is 1. The van der Waals surface area contributed by atoms with Gasteiger partial charge in [0.15, 0.2) is 0 Å². The Kier molecular flexibility index (Phi) is 2.74. The fourth-order valence-corrected chi connectivity index (χ4v) is 1.24. The lowest BCUT2D eigenvalue weighted by molar-refractivity contribution is 0.334. The van der Waals surface area contributed by atoms with Crippen LogP contribution in [-0.4, -0.2) is 4.98 Å². The Hall–Kier alpha value is -0.850. The smallest absolute Gasteiger partial charge is 0.0439 e. The zero-order valence-electron chi connectivity index (χ0n) is 9.26. The molecule has 1 aromatic rings. The number of aryl methyl sites for hydroxylation is 1. The van der Waals surface area contributed by atoms with Gasteiger partial charge in [-0.15, -0.1) is 0 Å². The van der Waals surface area contributed by atoms with E-state index in [2.05, 4.69) is 45.7 Å². The molecule has 1 nitrogen and oxygen atoms in total. The molecule has 1 aromatic heterocycles. The number of rotatable bonds is 1. The average Bonchev–Trinajstić information content (AvgIpc) is 2.01. The molecule has 1 atom stereocenters. The van der Waals surface area contributed by atoms with Gasteiger partial charge >= 0.3 is 0 Å². The van der Waals surface area contributed by atoms with Crippen LogP contribution in [0.3, 0.4) is 0 Å². The van der Waals surface area contributed by atoms with E-state index in [1.54, 1.807) is 0 Å². The van der Waals surface area contributed by atoms with Crippen molar-refractivity contribution in [1.82, 2.24) is 4.98 Å². The lowest BCUT2D eigenvalue weighted by atomic mass is 9.80. The first-order chi connectivity index (χ1) is 5.91. The van der Waals surface area contributed by atoms with Crippen molar-refractivity contribution in [3.63, 3.8) is 0 Å². The van der Waals surface area contributed by atoms with Gasteiger partial charge in [0, 0.05) is 17.8 Å². The van der Waals surface area contributed by atoms with E-state index in [1.165, 1.54) is 11.3 Å². The summed E-state index contributed by atoms with van der Waals surface area (Å²) in [5.41, 5.74) is 2.79. The van der Waals surface area contributed by atoms with Gasteiger partial charge in [-0.1, -0.05) is 27.7 Å². The molecular formula is C12H19N. The first kappa shape index (κ1) is 10.2. The Morgan fingerprint density at radius 2 is 1.92 bits per heavy atom. The maximum Gasteiger partial charge on any atom is 0.0439 e. The molecule has 1 heteroatoms. The second kappa shape index (κ2) is 3.49. The summed E-state index contributed by atoms with van der Waals surface area (Å²) in [4.78, 5) is 4.41. The Morgan fingerprint density at radius 3 is 2.38 bits per heavy atom. The molecule has 0 aromatic carbocycles. The molecular weight excluding hydrogens is 158 g/mol. The van der Waals surface area contributed by atoms with Crippen LogP contribution < -0.4 is 0 Å². The third kappa shape index (κ3) is 2.55. The molecule has 0 N–H and O–H groups in total. The lowest BCUT2D eigenvalue weighted by Gasteiger charge is -2.26. The molecule has 1 rings (SSSR count). The molecule has 0 radical (unpaired) electrons. The normalized spacial score (nSPS) is 14.2. The van der Waals surface area contributed by atoms with Crippen molar-refractivity contribution < 1.29 is 0 Å². The predicted molar refractivity (Wildman–Crippen MR) is 56.8 cm³/mol. The van der Waals surface area contributed by atoms with Gasteiger partial charge in [-0.2, -0.15) is 0 Å². The largest absolute Gasteiger partial charge is 0.261 e. The predicted octanol–water partition coefficient (Wildman–Crippen LogP) is 3.54. The van der Waals surface area contributed by atoms with E-state index in [9.17, 15) is 0 Å². The van der Waals surface area contributed by atoms with Gasteiger partial charge in [0.1, 0.15) is 0 Å². The molecule has 0 bridgehead atoms. The summed E-state index contributed by atoms with van der Waals surface area (Å²) < 4.78 is 0. The van der Waals surface area contributed by atoms with Crippen molar-refractivity contribution in [3.8, 4) is 0 Å². The Labute approximate surface area is 81.2 Å². The van der Waals surface area contributed by atoms with Gasteiger partial charge in [0.2, 0.25) is 0 Å². The molecule has 0 spiro atoms. The van der Waals surface area contributed by atoms with Crippen LogP contribution in [0.15, 0.2) is 18.3 Å². The van der Waals surface area contributed by atoms with Gasteiger partial charge in [-0.25, -0.2) is 0 Å². The molecule has 0 saturated heterocycles. The Bertz CT molecular complexity index is 283. The molecule has 0 fully saturated rings. The standard InChI is InChI=1S/C12H19N/c1-9-6-7-13-11(8-9)10(2)12(3,4)5/h6-8,10H,1-5H3. The Balaban J connectivity index is 2.96. The minimum absolute atomic E-state index is 0.292. The zero-order valence-corrected chi connectivity index (χ0v) is 9.26. The molecule has 13 heavy (non-hydrogen) atoms. The fraction of sp³-hybridized carbons (Fsp3) is 0.583. The van der Waals surface area contributed by atoms with E-state index in [-0.39, 0.29) is 0 Å². The highest BCUT2D eigenvalue weighted by atomic mass is 14.7. The van der Waals surface area contributed by atoms with Crippen molar-refractivity contribution in [1.29, 1.82) is 0 Å². The Morgan fingerprint density at radius 1 is 1.31 bits per heavy atom. The molecule has 0 amide bonds. The summed E-state index contributed by atoms with van der Waals surface area (Å²) in [5.74, 6) is 0.507. The van der Waals surface area contributed by atoms with Crippen molar-refractivity contribution in [3.05, 3.63) is 29.6 Å². The van der Waals surface area contributed by atoms with E-state index in [1.807, 2.05) is 12.3 Å². The van der Waals surface area contributed by atoms with E-state index >= 15 is 0 Å². The third-order valence-corrected chi connectivity index (χ3v) is 2.68. The maximum absolute atomic E-state index is 4.41. The van der Waals surface area contributed by atoms with Crippen LogP contribution in [0.25, 0.3) is 0 Å². The summed E-state index contributed by atoms with van der Waals surface area (Å²) >= 11 is 0. The van der Waals surface area contributed by atoms with Crippen LogP contribution in [-0.2, 0) is 0 Å². The van der Waals surface area contributed by atoms with Crippen molar-refractivity contribution in [2.45, 2.75) is 40.5 Å². The van der Waals surface area contributed by atoms with Gasteiger partial charge < -0.3 is 0 Å². The van der Waals surface area contributed by atoms with Crippen LogP contribution in [0, 0.1) is 12.3 Å². The SMILES string of the molecule is Cc1ccnc(C(C)C(C)(C)C)c1. The van der Waals surface area contributed by atoms with Crippen molar-refractivity contribution in [2.75, 3.05) is 0 Å². The van der Waals surface area contributed by atoms with Crippen LogP contribution in [0.1, 0.15) is 44.9 Å². The molecule has 0 aliphatic carbocycles. The van der Waals surface area contributed by atoms with E-state index in [0.29, 0.717) is 11.3 Å². The molecule has 72 valence electrons. The number of hydrogen-bond acceptors (Lipinski definition) is 1. The summed E-state index contributed by atoms with van der Waals surface area (Å²) in [6, 6.07) is 4.22. The van der Waals surface area contributed by atoms with Crippen LogP contribution in [0.4, 0.5) is 0 Å². The second-order valence-corrected chi connectivity index (χ2v) is 4.85. The summed E-state index contributed by atoms with van der Waals surface area (Å²) in [6.45, 7) is 11.1. The highest BCUT2D eigenvalue weighted by Crippen LogP contribution is 2.33. The van der Waals surface area contributed by atoms with Crippen LogP contribution >= 0.6 is 0 Å². The van der Waals surface area contributed by atoms with Gasteiger partial charge in [-0.05, 0) is 30.0 Å². The minimum atomic E-state index is 0.292. The summed E-state index contributed by atoms with van der Waals surface area (Å²) in [7, 11) is 0. The zero-order chi connectivity index (χ0) is 10.1. The summed E-state index contributed by atoms with van der Waals surface area (Å²) in [6.07, 6.45) is 1.90. The highest BCUT2D eigenvalue weighted by molar-refractivity contribution is 5.18. The number of hydrogen-bond donors (Lipinski definition) is 0. The van der Waals surface area contributed by atoms with Crippen LogP contribution in [0.2, 0.25) is 0 Å². The van der Waals surface area contributed by atoms with E-state index < -0.39 is 0 Å².